The Balaban J connectivity index is 3.62. The van der Waals surface area contributed by atoms with Crippen molar-refractivity contribution in [3.05, 3.63) is 0 Å². The molecule has 0 saturated carbocycles. The van der Waals surface area contributed by atoms with Crippen LogP contribution >= 0.6 is 23.3 Å². The third-order valence-corrected chi connectivity index (χ3v) is 2.11. The molecule has 6 nitrogen and oxygen atoms in total. The summed E-state index contributed by atoms with van der Waals surface area (Å²) in [5, 5.41) is 0. The van der Waals surface area contributed by atoms with Gasteiger partial charge in [-0.2, -0.15) is 16.8 Å². The average Bonchev–Trinajstić information content (AvgIpc) is 1.76. The highest BCUT2D eigenvalue weighted by molar-refractivity contribution is 8.61. The Morgan fingerprint density at radius 1 is 0.833 bits per heavy atom. The summed E-state index contributed by atoms with van der Waals surface area (Å²) < 4.78 is 48.8. The van der Waals surface area contributed by atoms with Crippen molar-refractivity contribution in [3.8, 4) is 0 Å². The lowest BCUT2D eigenvalue weighted by atomic mass is 10.8. The van der Waals surface area contributed by atoms with Crippen molar-refractivity contribution in [2.75, 3.05) is 13.2 Å². The summed E-state index contributed by atoms with van der Waals surface area (Å²) in [4.78, 5) is 0. The molecule has 0 heterocycles. The molecule has 0 saturated heterocycles. The van der Waals surface area contributed by atoms with Crippen LogP contribution in [0.5, 0.6) is 0 Å². The zero-order valence-corrected chi connectivity index (χ0v) is 9.00. The maximum absolute atomic E-state index is 10.2. The molecule has 0 aromatic rings. The average molecular weight is 254 g/mol. The van der Waals surface area contributed by atoms with E-state index < -0.39 is 31.5 Å². The van der Waals surface area contributed by atoms with Crippen molar-refractivity contribution in [1.29, 1.82) is 0 Å². The second-order valence-electron chi connectivity index (χ2n) is 1.50. The summed E-state index contributed by atoms with van der Waals surface area (Å²) in [6, 6.07) is 0. The van der Waals surface area contributed by atoms with Crippen LogP contribution in [0.25, 0.3) is 0 Å². The van der Waals surface area contributed by atoms with Gasteiger partial charge in [0.25, 0.3) is 0 Å². The third kappa shape index (κ3) is 10.5. The lowest BCUT2D eigenvalue weighted by Gasteiger charge is -1.99. The van der Waals surface area contributed by atoms with E-state index in [0.29, 0.717) is 0 Å². The quantitative estimate of drug-likeness (QED) is 0.386. The predicted octanol–water partition coefficient (Wildman–Crippen LogP) is -0.631. The van der Waals surface area contributed by atoms with Gasteiger partial charge in [-0.25, -0.2) is 0 Å². The Labute approximate surface area is 80.1 Å². The van der Waals surface area contributed by atoms with E-state index in [0.717, 1.165) is 0 Å². The molecule has 0 unspecified atom stereocenters. The number of rotatable bonds is 5. The molecule has 74 valence electrons. The molecule has 0 N–H and O–H groups in total. The summed E-state index contributed by atoms with van der Waals surface area (Å²) >= 11 is 6.05. The SMILES string of the molecule is O=S(=O)(S)OCCOS(=O)(=O)S. The molecule has 0 aliphatic rings. The minimum absolute atomic E-state index is 0.425. The fourth-order valence-electron chi connectivity index (χ4n) is 0.279. The van der Waals surface area contributed by atoms with Gasteiger partial charge in [0.2, 0.25) is 0 Å². The lowest BCUT2D eigenvalue weighted by Crippen LogP contribution is -2.08. The van der Waals surface area contributed by atoms with Crippen LogP contribution < -0.4 is 0 Å². The van der Waals surface area contributed by atoms with Gasteiger partial charge >= 0.3 is 18.3 Å². The summed E-state index contributed by atoms with van der Waals surface area (Å²) in [7, 11) is -7.69. The van der Waals surface area contributed by atoms with Crippen molar-refractivity contribution in [2.45, 2.75) is 0 Å². The maximum Gasteiger partial charge on any atom is 0.319 e. The van der Waals surface area contributed by atoms with E-state index in [1.807, 2.05) is 0 Å². The van der Waals surface area contributed by atoms with Crippen molar-refractivity contribution in [1.82, 2.24) is 0 Å². The molecule has 0 rings (SSSR count). The fourth-order valence-corrected chi connectivity index (χ4v) is 1.28. The van der Waals surface area contributed by atoms with Crippen molar-refractivity contribution in [3.63, 3.8) is 0 Å². The molecule has 0 spiro atoms. The Morgan fingerprint density at radius 3 is 1.25 bits per heavy atom. The first-order chi connectivity index (χ1) is 5.21. The molecular formula is C2H6O6S4. The molecule has 0 amide bonds. The molecule has 12 heavy (non-hydrogen) atoms. The second kappa shape index (κ2) is 4.67. The zero-order chi connectivity index (χ0) is 9.83. The van der Waals surface area contributed by atoms with Gasteiger partial charge in [0.05, 0.1) is 13.2 Å². The monoisotopic (exact) mass is 254 g/mol. The van der Waals surface area contributed by atoms with E-state index in [1.54, 1.807) is 0 Å². The van der Waals surface area contributed by atoms with E-state index in [-0.39, 0.29) is 0 Å². The highest BCUT2D eigenvalue weighted by Crippen LogP contribution is 2.00. The van der Waals surface area contributed by atoms with Crippen LogP contribution in [0.15, 0.2) is 0 Å². The van der Waals surface area contributed by atoms with Gasteiger partial charge in [-0.05, 0) is 23.3 Å². The molecule has 0 aliphatic carbocycles. The Bertz CT molecular complexity index is 277. The van der Waals surface area contributed by atoms with Gasteiger partial charge in [-0.3, -0.25) is 8.37 Å². The standard InChI is InChI=1S/C2H6O6S4/c3-11(4,9)7-1-2-8-12(5,6)10/h1-2H2,(H,3,4,9)(H,5,6,10). The number of thiol groups is 2. The van der Waals surface area contributed by atoms with Crippen LogP contribution in [0.1, 0.15) is 0 Å². The van der Waals surface area contributed by atoms with Crippen LogP contribution in [0.4, 0.5) is 0 Å². The van der Waals surface area contributed by atoms with E-state index in [9.17, 15) is 16.8 Å². The predicted molar refractivity (Wildman–Crippen MR) is 47.7 cm³/mol. The van der Waals surface area contributed by atoms with Crippen LogP contribution in [0, 0.1) is 0 Å². The van der Waals surface area contributed by atoms with E-state index in [1.165, 1.54) is 0 Å². The molecule has 0 bridgehead atoms. The van der Waals surface area contributed by atoms with Gasteiger partial charge in [0.1, 0.15) is 0 Å². The van der Waals surface area contributed by atoms with Crippen LogP contribution in [0.3, 0.4) is 0 Å². The van der Waals surface area contributed by atoms with Gasteiger partial charge < -0.3 is 0 Å². The molecule has 10 heteroatoms. The van der Waals surface area contributed by atoms with Crippen molar-refractivity contribution >= 4 is 41.6 Å². The maximum atomic E-state index is 10.2. The summed E-state index contributed by atoms with van der Waals surface area (Å²) in [6.45, 7) is -0.850. The van der Waals surface area contributed by atoms with E-state index >= 15 is 0 Å². The first-order valence-electron chi connectivity index (χ1n) is 2.44. The van der Waals surface area contributed by atoms with Gasteiger partial charge in [-0.1, -0.05) is 0 Å². The highest BCUT2D eigenvalue weighted by Gasteiger charge is 2.05. The molecule has 0 aliphatic heterocycles. The Morgan fingerprint density at radius 2 is 1.08 bits per heavy atom. The number of hydrogen-bond acceptors (Lipinski definition) is 6. The lowest BCUT2D eigenvalue weighted by molar-refractivity contribution is 0.234. The Kier molecular flexibility index (Phi) is 4.87. The smallest absolute Gasteiger partial charge is 0.260 e. The minimum atomic E-state index is -3.85. The van der Waals surface area contributed by atoms with Gasteiger partial charge in [0.15, 0.2) is 0 Å². The topological polar surface area (TPSA) is 86.7 Å². The third-order valence-electron chi connectivity index (χ3n) is 0.548. The molecule has 0 radical (unpaired) electrons. The summed E-state index contributed by atoms with van der Waals surface area (Å²) in [5.74, 6) is 0. The molecule has 0 fully saturated rings. The number of hydrogen-bond donors (Lipinski definition) is 2. The highest BCUT2D eigenvalue weighted by atomic mass is 33.1. The van der Waals surface area contributed by atoms with Crippen LogP contribution in [-0.2, 0) is 26.7 Å². The Hall–Kier alpha value is 0.520. The van der Waals surface area contributed by atoms with Crippen molar-refractivity contribution < 1.29 is 25.2 Å². The second-order valence-corrected chi connectivity index (χ2v) is 6.37. The molecule has 0 aromatic heterocycles. The van der Waals surface area contributed by atoms with Gasteiger partial charge in [-0.15, -0.1) is 0 Å². The summed E-state index contributed by atoms with van der Waals surface area (Å²) in [6.07, 6.45) is 0. The zero-order valence-electron chi connectivity index (χ0n) is 5.57. The first-order valence-corrected chi connectivity index (χ1v) is 7.36. The van der Waals surface area contributed by atoms with E-state index in [4.69, 9.17) is 0 Å². The molecular weight excluding hydrogens is 248 g/mol. The van der Waals surface area contributed by atoms with Crippen LogP contribution in [-0.4, -0.2) is 30.0 Å². The molecule has 0 aromatic carbocycles. The first kappa shape index (κ1) is 12.5. The van der Waals surface area contributed by atoms with Crippen LogP contribution in [0.2, 0.25) is 0 Å². The summed E-state index contributed by atoms with van der Waals surface area (Å²) in [5.41, 5.74) is 0. The normalized spacial score (nSPS) is 13.2. The van der Waals surface area contributed by atoms with E-state index in [2.05, 4.69) is 31.7 Å². The minimum Gasteiger partial charge on any atom is -0.260 e. The molecule has 0 atom stereocenters. The van der Waals surface area contributed by atoms with Gasteiger partial charge in [0, 0.05) is 0 Å². The van der Waals surface area contributed by atoms with Crippen molar-refractivity contribution in [2.24, 2.45) is 0 Å². The fraction of sp³-hybridized carbons (Fsp3) is 1.00. The largest absolute Gasteiger partial charge is 0.319 e.